The molecule has 1 aromatic rings. The molecule has 20 heavy (non-hydrogen) atoms. The summed E-state index contributed by atoms with van der Waals surface area (Å²) in [5.41, 5.74) is 2.20. The van der Waals surface area contributed by atoms with Crippen molar-refractivity contribution >= 4 is 11.7 Å². The highest BCUT2D eigenvalue weighted by Gasteiger charge is 2.27. The number of benzene rings is 1. The highest BCUT2D eigenvalue weighted by Crippen LogP contribution is 2.28. The molecule has 1 saturated carbocycles. The lowest BCUT2D eigenvalue weighted by Crippen LogP contribution is -2.31. The number of carboxylic acid groups (broad SMARTS) is 1. The molecular weight excluding hydrogens is 254 g/mol. The smallest absolute Gasteiger partial charge is 0.306 e. The number of carbonyl (C=O) groups is 1. The topological polar surface area (TPSA) is 58.6 Å². The fourth-order valence-electron chi connectivity index (χ4n) is 2.76. The SMILES string of the molecule is CCOCc1ccccc1NC1CCCC(C(=O)O)C1. The van der Waals surface area contributed by atoms with Crippen LogP contribution in [0.5, 0.6) is 0 Å². The fraction of sp³-hybridized carbons (Fsp3) is 0.562. The van der Waals surface area contributed by atoms with Gasteiger partial charge in [0.15, 0.2) is 0 Å². The van der Waals surface area contributed by atoms with Crippen molar-refractivity contribution in [3.63, 3.8) is 0 Å². The molecule has 0 saturated heterocycles. The monoisotopic (exact) mass is 277 g/mol. The van der Waals surface area contributed by atoms with Crippen molar-refractivity contribution in [3.05, 3.63) is 29.8 Å². The molecule has 1 fully saturated rings. The first kappa shape index (κ1) is 14.9. The highest BCUT2D eigenvalue weighted by atomic mass is 16.5. The molecule has 2 atom stereocenters. The first-order valence-corrected chi connectivity index (χ1v) is 7.35. The van der Waals surface area contributed by atoms with Crippen molar-refractivity contribution in [1.82, 2.24) is 0 Å². The molecule has 1 aliphatic carbocycles. The lowest BCUT2D eigenvalue weighted by molar-refractivity contribution is -0.142. The number of anilines is 1. The summed E-state index contributed by atoms with van der Waals surface area (Å²) in [5.74, 6) is -0.876. The minimum Gasteiger partial charge on any atom is -0.481 e. The van der Waals surface area contributed by atoms with E-state index in [9.17, 15) is 4.79 Å². The van der Waals surface area contributed by atoms with Crippen LogP contribution in [0.3, 0.4) is 0 Å². The second-order valence-corrected chi connectivity index (χ2v) is 5.34. The van der Waals surface area contributed by atoms with Crippen LogP contribution in [0, 0.1) is 5.92 Å². The Bertz CT molecular complexity index is 447. The molecule has 0 amide bonds. The molecule has 4 nitrogen and oxygen atoms in total. The second kappa shape index (κ2) is 7.29. The van der Waals surface area contributed by atoms with E-state index in [-0.39, 0.29) is 12.0 Å². The zero-order valence-electron chi connectivity index (χ0n) is 12.0. The Morgan fingerprint density at radius 1 is 1.40 bits per heavy atom. The first-order valence-electron chi connectivity index (χ1n) is 7.35. The Kier molecular flexibility index (Phi) is 5.41. The van der Waals surface area contributed by atoms with Gasteiger partial charge in [0.05, 0.1) is 12.5 Å². The van der Waals surface area contributed by atoms with Crippen LogP contribution in [-0.2, 0) is 16.1 Å². The second-order valence-electron chi connectivity index (χ2n) is 5.34. The van der Waals surface area contributed by atoms with Crippen LogP contribution < -0.4 is 5.32 Å². The quantitative estimate of drug-likeness (QED) is 0.837. The summed E-state index contributed by atoms with van der Waals surface area (Å²) in [5, 5.41) is 12.6. The first-order chi connectivity index (χ1) is 9.70. The maximum Gasteiger partial charge on any atom is 0.306 e. The van der Waals surface area contributed by atoms with Gasteiger partial charge in [-0.1, -0.05) is 24.6 Å². The minimum atomic E-state index is -0.667. The molecule has 0 aliphatic heterocycles. The summed E-state index contributed by atoms with van der Waals surface area (Å²) in [6.45, 7) is 3.27. The average molecular weight is 277 g/mol. The van der Waals surface area contributed by atoms with E-state index in [0.29, 0.717) is 19.6 Å². The van der Waals surface area contributed by atoms with Crippen molar-refractivity contribution in [2.24, 2.45) is 5.92 Å². The molecule has 0 heterocycles. The van der Waals surface area contributed by atoms with Gasteiger partial charge in [0.25, 0.3) is 0 Å². The van der Waals surface area contributed by atoms with E-state index >= 15 is 0 Å². The Morgan fingerprint density at radius 2 is 2.20 bits per heavy atom. The van der Waals surface area contributed by atoms with E-state index in [0.717, 1.165) is 30.5 Å². The van der Waals surface area contributed by atoms with Crippen molar-refractivity contribution in [2.75, 3.05) is 11.9 Å². The number of para-hydroxylation sites is 1. The summed E-state index contributed by atoms with van der Waals surface area (Å²) in [4.78, 5) is 11.1. The molecule has 2 rings (SSSR count). The molecule has 0 spiro atoms. The Hall–Kier alpha value is -1.55. The maximum atomic E-state index is 11.1. The zero-order chi connectivity index (χ0) is 14.4. The normalized spacial score (nSPS) is 22.4. The third-order valence-electron chi connectivity index (χ3n) is 3.86. The Balaban J connectivity index is 2.00. The lowest BCUT2D eigenvalue weighted by atomic mass is 9.85. The van der Waals surface area contributed by atoms with E-state index in [1.54, 1.807) is 0 Å². The van der Waals surface area contributed by atoms with Crippen LogP contribution in [0.15, 0.2) is 24.3 Å². The van der Waals surface area contributed by atoms with E-state index in [4.69, 9.17) is 9.84 Å². The number of aliphatic carboxylic acids is 1. The van der Waals surface area contributed by atoms with E-state index in [2.05, 4.69) is 11.4 Å². The average Bonchev–Trinajstić information content (AvgIpc) is 2.46. The van der Waals surface area contributed by atoms with Crippen molar-refractivity contribution < 1.29 is 14.6 Å². The number of carboxylic acids is 1. The molecule has 1 aliphatic rings. The van der Waals surface area contributed by atoms with Gasteiger partial charge in [0.2, 0.25) is 0 Å². The molecule has 110 valence electrons. The zero-order valence-corrected chi connectivity index (χ0v) is 12.0. The third-order valence-corrected chi connectivity index (χ3v) is 3.86. The van der Waals surface area contributed by atoms with Gasteiger partial charge < -0.3 is 15.2 Å². The minimum absolute atomic E-state index is 0.208. The van der Waals surface area contributed by atoms with Crippen LogP contribution in [-0.4, -0.2) is 23.7 Å². The Morgan fingerprint density at radius 3 is 2.95 bits per heavy atom. The summed E-state index contributed by atoms with van der Waals surface area (Å²) in [6.07, 6.45) is 3.52. The van der Waals surface area contributed by atoms with E-state index in [1.807, 2.05) is 25.1 Å². The Labute approximate surface area is 120 Å². The molecule has 0 radical (unpaired) electrons. The number of rotatable bonds is 6. The molecular formula is C16H23NO3. The predicted molar refractivity (Wildman–Crippen MR) is 78.8 cm³/mol. The van der Waals surface area contributed by atoms with Gasteiger partial charge in [-0.05, 0) is 32.3 Å². The van der Waals surface area contributed by atoms with Crippen LogP contribution in [0.25, 0.3) is 0 Å². The summed E-state index contributed by atoms with van der Waals surface area (Å²) in [6, 6.07) is 8.33. The van der Waals surface area contributed by atoms with Gasteiger partial charge in [0, 0.05) is 23.9 Å². The van der Waals surface area contributed by atoms with E-state index < -0.39 is 5.97 Å². The van der Waals surface area contributed by atoms with Gasteiger partial charge in [-0.2, -0.15) is 0 Å². The predicted octanol–water partition coefficient (Wildman–Crippen LogP) is 3.28. The van der Waals surface area contributed by atoms with Crippen molar-refractivity contribution in [1.29, 1.82) is 0 Å². The molecule has 0 bridgehead atoms. The molecule has 0 aromatic heterocycles. The lowest BCUT2D eigenvalue weighted by Gasteiger charge is -2.29. The van der Waals surface area contributed by atoms with Gasteiger partial charge in [-0.15, -0.1) is 0 Å². The number of hydrogen-bond donors (Lipinski definition) is 2. The van der Waals surface area contributed by atoms with Gasteiger partial charge >= 0.3 is 5.97 Å². The van der Waals surface area contributed by atoms with Crippen LogP contribution in [0.4, 0.5) is 5.69 Å². The summed E-state index contributed by atoms with van der Waals surface area (Å²) in [7, 11) is 0. The van der Waals surface area contributed by atoms with Crippen LogP contribution in [0.1, 0.15) is 38.2 Å². The van der Waals surface area contributed by atoms with Crippen LogP contribution in [0.2, 0.25) is 0 Å². The highest BCUT2D eigenvalue weighted by molar-refractivity contribution is 5.70. The van der Waals surface area contributed by atoms with E-state index in [1.165, 1.54) is 0 Å². The molecule has 2 N–H and O–H groups in total. The van der Waals surface area contributed by atoms with Crippen molar-refractivity contribution in [3.8, 4) is 0 Å². The van der Waals surface area contributed by atoms with Gasteiger partial charge in [-0.25, -0.2) is 0 Å². The summed E-state index contributed by atoms with van der Waals surface area (Å²) < 4.78 is 5.47. The molecule has 1 aromatic carbocycles. The third kappa shape index (κ3) is 3.97. The van der Waals surface area contributed by atoms with Gasteiger partial charge in [0.1, 0.15) is 0 Å². The summed E-state index contributed by atoms with van der Waals surface area (Å²) >= 11 is 0. The number of hydrogen-bond acceptors (Lipinski definition) is 3. The van der Waals surface area contributed by atoms with Gasteiger partial charge in [-0.3, -0.25) is 4.79 Å². The van der Waals surface area contributed by atoms with Crippen LogP contribution >= 0.6 is 0 Å². The largest absolute Gasteiger partial charge is 0.481 e. The maximum absolute atomic E-state index is 11.1. The molecule has 2 unspecified atom stereocenters. The standard InChI is InChI=1S/C16H23NO3/c1-2-20-11-13-6-3-4-9-15(13)17-14-8-5-7-12(10-14)16(18)19/h3-4,6,9,12,14,17H,2,5,7-8,10-11H2,1H3,(H,18,19). The molecule has 4 heteroatoms. The van der Waals surface area contributed by atoms with Crippen molar-refractivity contribution in [2.45, 2.75) is 45.3 Å². The number of ether oxygens (including phenoxy) is 1. The number of nitrogens with one attached hydrogen (secondary N) is 1. The fourth-order valence-corrected chi connectivity index (χ4v) is 2.76.